The van der Waals surface area contributed by atoms with Gasteiger partial charge in [0, 0.05) is 18.2 Å². The first kappa shape index (κ1) is 24.6. The Balaban J connectivity index is 1.65. The lowest BCUT2D eigenvalue weighted by Gasteiger charge is -2.20. The zero-order valence-corrected chi connectivity index (χ0v) is 19.2. The number of ether oxygens (including phenoxy) is 2. The molecule has 1 aromatic heterocycles. The Morgan fingerprint density at radius 1 is 1.22 bits per heavy atom. The van der Waals surface area contributed by atoms with E-state index in [0.717, 1.165) is 10.1 Å². The third kappa shape index (κ3) is 6.48. The van der Waals surface area contributed by atoms with Crippen LogP contribution in [0.15, 0.2) is 52.2 Å². The first-order valence-electron chi connectivity index (χ1n) is 10.4. The fourth-order valence-corrected chi connectivity index (χ4v) is 4.46. The number of phosphoric ester groups is 1. The van der Waals surface area contributed by atoms with E-state index >= 15 is 0 Å². The number of benzene rings is 1. The van der Waals surface area contributed by atoms with Crippen LogP contribution in [0, 0.1) is 5.92 Å². The maximum Gasteiger partial charge on any atom is 0.472 e. The van der Waals surface area contributed by atoms with Gasteiger partial charge in [0.25, 0.3) is 5.56 Å². The zero-order valence-electron chi connectivity index (χ0n) is 18.3. The first-order chi connectivity index (χ1) is 15.2. The van der Waals surface area contributed by atoms with Crippen LogP contribution in [-0.4, -0.2) is 32.8 Å². The molecule has 3 rings (SSSR count). The summed E-state index contributed by atoms with van der Waals surface area (Å²) in [7, 11) is -4.19. The van der Waals surface area contributed by atoms with Crippen molar-refractivity contribution in [1.29, 1.82) is 0 Å². The van der Waals surface area contributed by atoms with E-state index in [1.165, 1.54) is 16.8 Å². The van der Waals surface area contributed by atoms with Crippen LogP contribution in [0.5, 0.6) is 0 Å². The Bertz CT molecular complexity index is 1050. The first-order valence-corrected chi connectivity index (χ1v) is 11.9. The fourth-order valence-electron chi connectivity index (χ4n) is 3.51. The van der Waals surface area contributed by atoms with Gasteiger partial charge in [0.15, 0.2) is 0 Å². The van der Waals surface area contributed by atoms with Crippen LogP contribution in [0.2, 0.25) is 0 Å². The number of nitrogens with zero attached hydrogens (tertiary/aromatic N) is 2. The molecule has 1 aromatic carbocycles. The van der Waals surface area contributed by atoms with Crippen LogP contribution in [0.1, 0.15) is 39.0 Å². The molecule has 0 amide bonds. The molecule has 10 nitrogen and oxygen atoms in total. The lowest BCUT2D eigenvalue weighted by Crippen LogP contribution is -2.41. The van der Waals surface area contributed by atoms with Gasteiger partial charge in [0.05, 0.1) is 25.4 Å². The second-order valence-electron chi connectivity index (χ2n) is 8.02. The summed E-state index contributed by atoms with van der Waals surface area (Å²) in [5.41, 5.74) is -0.105. The summed E-state index contributed by atoms with van der Waals surface area (Å²) in [5, 5.41) is 0. The topological polar surface area (TPSA) is 118 Å². The monoisotopic (exact) mass is 468 g/mol. The van der Waals surface area contributed by atoms with Gasteiger partial charge in [-0.25, -0.2) is 13.9 Å². The predicted molar refractivity (Wildman–Crippen MR) is 116 cm³/mol. The molecule has 1 aliphatic rings. The van der Waals surface area contributed by atoms with E-state index in [1.54, 1.807) is 13.8 Å². The van der Waals surface area contributed by atoms with E-state index in [-0.39, 0.29) is 25.9 Å². The van der Waals surface area contributed by atoms with E-state index in [9.17, 15) is 19.0 Å². The highest BCUT2D eigenvalue weighted by atomic mass is 31.2. The molecule has 2 heterocycles. The SMILES string of the molecule is CC(C)OP(=O)(O)OC[C@@H]1C[C@H](C)[C@H](n2ccc(=O)n(COCc3ccccc3)c2=O)O1. The van der Waals surface area contributed by atoms with Crippen LogP contribution in [0.25, 0.3) is 0 Å². The largest absolute Gasteiger partial charge is 0.472 e. The van der Waals surface area contributed by atoms with Crippen molar-refractivity contribution in [1.82, 2.24) is 9.13 Å². The number of phosphoric acid groups is 1. The van der Waals surface area contributed by atoms with Crippen molar-refractivity contribution in [2.24, 2.45) is 5.92 Å². The van der Waals surface area contributed by atoms with Gasteiger partial charge in [0.2, 0.25) is 0 Å². The van der Waals surface area contributed by atoms with Crippen molar-refractivity contribution in [2.45, 2.75) is 59.0 Å². The van der Waals surface area contributed by atoms with Crippen LogP contribution < -0.4 is 11.2 Å². The average Bonchev–Trinajstić information content (AvgIpc) is 3.09. The third-order valence-corrected chi connectivity index (χ3v) is 6.09. The molecule has 1 saturated heterocycles. The Hall–Kier alpha value is -2.07. The molecule has 0 saturated carbocycles. The maximum absolute atomic E-state index is 12.9. The number of rotatable bonds is 10. The lowest BCUT2D eigenvalue weighted by molar-refractivity contribution is -0.0374. The number of hydrogen-bond acceptors (Lipinski definition) is 7. The number of aromatic nitrogens is 2. The van der Waals surface area contributed by atoms with Crippen molar-refractivity contribution < 1.29 is 28.0 Å². The highest BCUT2D eigenvalue weighted by molar-refractivity contribution is 7.47. The van der Waals surface area contributed by atoms with Gasteiger partial charge in [-0.3, -0.25) is 18.4 Å². The summed E-state index contributed by atoms with van der Waals surface area (Å²) in [6.07, 6.45) is 0.268. The van der Waals surface area contributed by atoms with E-state index in [1.807, 2.05) is 37.3 Å². The minimum absolute atomic E-state index is 0.0958. The van der Waals surface area contributed by atoms with Crippen LogP contribution in [0.4, 0.5) is 0 Å². The molecule has 32 heavy (non-hydrogen) atoms. The molecule has 0 radical (unpaired) electrons. The summed E-state index contributed by atoms with van der Waals surface area (Å²) in [6.45, 7) is 5.05. The molecule has 1 aliphatic heterocycles. The van der Waals surface area contributed by atoms with Gasteiger partial charge in [-0.05, 0) is 25.8 Å². The van der Waals surface area contributed by atoms with Gasteiger partial charge in [-0.2, -0.15) is 0 Å². The maximum atomic E-state index is 12.9. The predicted octanol–water partition coefficient (Wildman–Crippen LogP) is 2.65. The molecule has 0 bridgehead atoms. The van der Waals surface area contributed by atoms with Crippen molar-refractivity contribution in [3.8, 4) is 0 Å². The van der Waals surface area contributed by atoms with Crippen LogP contribution >= 0.6 is 7.82 Å². The van der Waals surface area contributed by atoms with Crippen molar-refractivity contribution in [3.63, 3.8) is 0 Å². The molecule has 11 heteroatoms. The summed E-state index contributed by atoms with van der Waals surface area (Å²) in [4.78, 5) is 34.9. The van der Waals surface area contributed by atoms with Crippen LogP contribution in [0.3, 0.4) is 0 Å². The number of hydrogen-bond donors (Lipinski definition) is 1. The van der Waals surface area contributed by atoms with Crippen molar-refractivity contribution in [3.05, 3.63) is 69.0 Å². The highest BCUT2D eigenvalue weighted by Crippen LogP contribution is 2.45. The van der Waals surface area contributed by atoms with Crippen LogP contribution in [-0.2, 0) is 36.4 Å². The molecular formula is C21H29N2O8P. The summed E-state index contributed by atoms with van der Waals surface area (Å²) >= 11 is 0. The van der Waals surface area contributed by atoms with Gasteiger partial charge in [-0.1, -0.05) is 37.3 Å². The molecule has 1 unspecified atom stereocenters. The molecule has 1 N–H and O–H groups in total. The second kappa shape index (κ2) is 10.7. The quantitative estimate of drug-likeness (QED) is 0.529. The van der Waals surface area contributed by atoms with Gasteiger partial charge in [0.1, 0.15) is 13.0 Å². The molecular weight excluding hydrogens is 439 g/mol. The fraction of sp³-hybridized carbons (Fsp3) is 0.524. The minimum atomic E-state index is -4.19. The minimum Gasteiger partial charge on any atom is -0.356 e. The Labute approximate surface area is 185 Å². The highest BCUT2D eigenvalue weighted by Gasteiger charge is 2.36. The molecule has 0 spiro atoms. The molecule has 1 fully saturated rings. The van der Waals surface area contributed by atoms with E-state index in [2.05, 4.69) is 0 Å². The smallest absolute Gasteiger partial charge is 0.356 e. The molecule has 2 aromatic rings. The second-order valence-corrected chi connectivity index (χ2v) is 9.42. The normalized spacial score (nSPS) is 22.8. The lowest BCUT2D eigenvalue weighted by atomic mass is 10.1. The standard InChI is InChI=1S/C21H29N2O8P/c1-15(2)31-32(26,27)29-13-18-11-16(3)20(30-18)22-10-9-19(24)23(21(22)25)14-28-12-17-7-5-4-6-8-17/h4-10,15-16,18,20H,11-14H2,1-3H3,(H,26,27)/t16-,18-,20+/m0/s1. The Morgan fingerprint density at radius 2 is 1.94 bits per heavy atom. The van der Waals surface area contributed by atoms with E-state index < -0.39 is 37.5 Å². The van der Waals surface area contributed by atoms with Crippen molar-refractivity contribution in [2.75, 3.05) is 6.61 Å². The van der Waals surface area contributed by atoms with E-state index in [4.69, 9.17) is 18.5 Å². The summed E-state index contributed by atoms with van der Waals surface area (Å²) in [5.74, 6) is -0.0958. The van der Waals surface area contributed by atoms with Gasteiger partial charge < -0.3 is 14.4 Å². The van der Waals surface area contributed by atoms with E-state index in [0.29, 0.717) is 6.42 Å². The summed E-state index contributed by atoms with van der Waals surface area (Å²) in [6, 6.07) is 10.7. The molecule has 176 valence electrons. The molecule has 0 aliphatic carbocycles. The third-order valence-electron chi connectivity index (χ3n) is 4.92. The van der Waals surface area contributed by atoms with Gasteiger partial charge in [-0.15, -0.1) is 0 Å². The molecule has 4 atom stereocenters. The summed E-state index contributed by atoms with van der Waals surface area (Å²) < 4.78 is 35.6. The Morgan fingerprint density at radius 3 is 2.62 bits per heavy atom. The van der Waals surface area contributed by atoms with Crippen molar-refractivity contribution >= 4 is 7.82 Å². The Kier molecular flexibility index (Phi) is 8.21. The zero-order chi connectivity index (χ0) is 23.3. The van der Waals surface area contributed by atoms with Gasteiger partial charge >= 0.3 is 13.5 Å². The average molecular weight is 468 g/mol.